The molecule has 2 aliphatic heterocycles. The Labute approximate surface area is 217 Å². The van der Waals surface area contributed by atoms with Gasteiger partial charge in [0.2, 0.25) is 5.13 Å². The Kier molecular flexibility index (Phi) is 6.53. The summed E-state index contributed by atoms with van der Waals surface area (Å²) < 4.78 is 79.2. The van der Waals surface area contributed by atoms with E-state index in [0.29, 0.717) is 37.2 Å². The van der Waals surface area contributed by atoms with E-state index >= 15 is 0 Å². The molecule has 2 aliphatic rings. The number of alkyl halides is 3. The van der Waals surface area contributed by atoms with Gasteiger partial charge >= 0.3 is 6.18 Å². The second-order valence-corrected chi connectivity index (χ2v) is 12.1. The molecule has 0 aliphatic carbocycles. The van der Waals surface area contributed by atoms with Crippen molar-refractivity contribution in [1.82, 2.24) is 14.7 Å². The van der Waals surface area contributed by atoms with Crippen molar-refractivity contribution in [3.8, 4) is 5.75 Å². The topological polar surface area (TPSA) is 93.2 Å². The molecule has 1 aromatic heterocycles. The van der Waals surface area contributed by atoms with Crippen LogP contribution < -0.4 is 14.8 Å². The van der Waals surface area contributed by atoms with E-state index in [1.54, 1.807) is 12.1 Å². The number of sulfonamides is 1. The van der Waals surface area contributed by atoms with E-state index in [1.165, 1.54) is 24.5 Å². The van der Waals surface area contributed by atoms with E-state index in [9.17, 15) is 21.6 Å². The summed E-state index contributed by atoms with van der Waals surface area (Å²) in [6.45, 7) is 5.04. The number of nitrogens with one attached hydrogen (secondary N) is 2. The zero-order valence-corrected chi connectivity index (χ0v) is 21.7. The number of halogens is 3. The highest BCUT2D eigenvalue weighted by atomic mass is 32.2. The van der Waals surface area contributed by atoms with Gasteiger partial charge in [-0.25, -0.2) is 13.4 Å². The van der Waals surface area contributed by atoms with Crippen molar-refractivity contribution in [2.75, 3.05) is 17.8 Å². The molecule has 3 aromatic rings. The lowest BCUT2D eigenvalue weighted by Gasteiger charge is -2.39. The van der Waals surface area contributed by atoms with Gasteiger partial charge in [0.1, 0.15) is 17.7 Å². The maximum Gasteiger partial charge on any atom is 0.416 e. The summed E-state index contributed by atoms with van der Waals surface area (Å²) in [5.74, 6) is 0.0891. The number of hydrogen-bond acceptors (Lipinski definition) is 7. The molecule has 2 aromatic carbocycles. The average molecular weight is 551 g/mol. The van der Waals surface area contributed by atoms with Crippen molar-refractivity contribution in [3.63, 3.8) is 0 Å². The molecule has 0 bridgehead atoms. The van der Waals surface area contributed by atoms with Crippen LogP contribution in [0.4, 0.5) is 18.3 Å². The summed E-state index contributed by atoms with van der Waals surface area (Å²) in [7, 11) is -3.95. The number of ether oxygens (including phenoxy) is 1. The number of fused-ring (bicyclic) bond motifs is 1. The molecule has 0 amide bonds. The highest BCUT2D eigenvalue weighted by Gasteiger charge is 2.38. The lowest BCUT2D eigenvalue weighted by molar-refractivity contribution is -0.137. The molecule has 5 rings (SSSR count). The second kappa shape index (κ2) is 9.41. The van der Waals surface area contributed by atoms with Crippen LogP contribution in [0.1, 0.15) is 54.9 Å². The first-order valence-electron chi connectivity index (χ1n) is 11.7. The van der Waals surface area contributed by atoms with E-state index in [-0.39, 0.29) is 15.9 Å². The second-order valence-electron chi connectivity index (χ2n) is 9.65. The first-order valence-corrected chi connectivity index (χ1v) is 13.9. The predicted molar refractivity (Wildman–Crippen MR) is 135 cm³/mol. The first-order chi connectivity index (χ1) is 17.4. The zero-order valence-electron chi connectivity index (χ0n) is 20.1. The van der Waals surface area contributed by atoms with E-state index in [2.05, 4.69) is 19.4 Å². The van der Waals surface area contributed by atoms with E-state index in [0.717, 1.165) is 34.3 Å². The van der Waals surface area contributed by atoms with Gasteiger partial charge in [0.25, 0.3) is 10.0 Å². The summed E-state index contributed by atoms with van der Waals surface area (Å²) in [6, 6.07) is 8.53. The molecule has 0 saturated carbocycles. The Morgan fingerprint density at radius 2 is 1.95 bits per heavy atom. The minimum Gasteiger partial charge on any atom is -0.487 e. The standard InChI is InChI=1S/C25H25F3N4O3S2/c1-24(2)13-21(18-5-3-16(25(26,27)28)11-20(18)15-7-9-29-10-8-15)19-6-4-17(12-22(19)35-24)37(33,34)32-23-30-14-31-36-23/h3-7,11-12,14,21,29H,8-10,13H2,1-2H3,(H,30,31,32). The number of anilines is 1. The summed E-state index contributed by atoms with van der Waals surface area (Å²) in [5, 5.41) is 3.34. The Balaban J connectivity index is 1.60. The van der Waals surface area contributed by atoms with Gasteiger partial charge in [-0.1, -0.05) is 18.2 Å². The minimum atomic E-state index is -4.46. The molecule has 37 heavy (non-hydrogen) atoms. The predicted octanol–water partition coefficient (Wildman–Crippen LogP) is 5.43. The fraction of sp³-hybridized carbons (Fsp3) is 0.360. The molecule has 7 nitrogen and oxygen atoms in total. The van der Waals surface area contributed by atoms with Gasteiger partial charge in [-0.3, -0.25) is 4.72 Å². The van der Waals surface area contributed by atoms with E-state index < -0.39 is 27.4 Å². The number of rotatable bonds is 5. The van der Waals surface area contributed by atoms with Crippen LogP contribution in [0, 0.1) is 0 Å². The van der Waals surface area contributed by atoms with Crippen molar-refractivity contribution in [3.05, 3.63) is 71.1 Å². The maximum atomic E-state index is 13.6. The maximum absolute atomic E-state index is 13.6. The van der Waals surface area contributed by atoms with Crippen LogP contribution >= 0.6 is 11.5 Å². The SMILES string of the molecule is CC1(C)CC(c2ccc(C(F)(F)F)cc2C2=CCNCC2)c2ccc(S(=O)(=O)Nc3ncns3)cc2O1. The van der Waals surface area contributed by atoms with Crippen LogP contribution in [-0.4, -0.2) is 36.5 Å². The quantitative estimate of drug-likeness (QED) is 0.440. The molecule has 3 heterocycles. The Morgan fingerprint density at radius 3 is 2.62 bits per heavy atom. The van der Waals surface area contributed by atoms with Crippen LogP contribution in [0.2, 0.25) is 0 Å². The van der Waals surface area contributed by atoms with Gasteiger partial charge in [0.05, 0.1) is 10.5 Å². The van der Waals surface area contributed by atoms with Crippen LogP contribution in [0.5, 0.6) is 5.75 Å². The molecule has 1 unspecified atom stereocenters. The molecule has 2 N–H and O–H groups in total. The summed E-state index contributed by atoms with van der Waals surface area (Å²) in [4.78, 5) is 3.86. The molecule has 0 fully saturated rings. The van der Waals surface area contributed by atoms with Gasteiger partial charge in [-0.05, 0) is 68.1 Å². The smallest absolute Gasteiger partial charge is 0.416 e. The molecule has 196 valence electrons. The van der Waals surface area contributed by atoms with Gasteiger partial charge in [0.15, 0.2) is 0 Å². The lowest BCUT2D eigenvalue weighted by atomic mass is 9.76. The average Bonchev–Trinajstić information content (AvgIpc) is 3.34. The van der Waals surface area contributed by atoms with Crippen molar-refractivity contribution in [2.45, 2.75) is 49.3 Å². The Hall–Kier alpha value is -2.96. The summed E-state index contributed by atoms with van der Waals surface area (Å²) >= 11 is 0.916. The van der Waals surface area contributed by atoms with Crippen molar-refractivity contribution in [1.29, 1.82) is 0 Å². The first kappa shape index (κ1) is 25.7. The minimum absolute atomic E-state index is 0.00777. The molecule has 0 radical (unpaired) electrons. The third kappa shape index (κ3) is 5.36. The molecular weight excluding hydrogens is 525 g/mol. The fourth-order valence-corrected chi connectivity index (χ4v) is 6.53. The van der Waals surface area contributed by atoms with E-state index in [4.69, 9.17) is 4.74 Å². The Bertz CT molecular complexity index is 1450. The van der Waals surface area contributed by atoms with Crippen molar-refractivity contribution < 1.29 is 26.3 Å². The van der Waals surface area contributed by atoms with Crippen LogP contribution in [-0.2, 0) is 16.2 Å². The summed E-state index contributed by atoms with van der Waals surface area (Å²) in [5.41, 5.74) is 1.55. The van der Waals surface area contributed by atoms with Crippen LogP contribution in [0.15, 0.2) is 53.7 Å². The largest absolute Gasteiger partial charge is 0.487 e. The molecule has 0 spiro atoms. The highest BCUT2D eigenvalue weighted by Crippen LogP contribution is 2.47. The van der Waals surface area contributed by atoms with E-state index in [1.807, 2.05) is 19.9 Å². The van der Waals surface area contributed by atoms with Gasteiger partial charge < -0.3 is 10.1 Å². The number of hydrogen-bond donors (Lipinski definition) is 2. The lowest BCUT2D eigenvalue weighted by Crippen LogP contribution is -2.35. The Morgan fingerprint density at radius 1 is 1.16 bits per heavy atom. The molecule has 1 atom stereocenters. The van der Waals surface area contributed by atoms with Gasteiger partial charge in [0, 0.05) is 35.6 Å². The fourth-order valence-electron chi connectivity index (χ4n) is 4.85. The normalized spacial score (nSPS) is 19.5. The van der Waals surface area contributed by atoms with Crippen molar-refractivity contribution in [2.24, 2.45) is 0 Å². The molecular formula is C25H25F3N4O3S2. The highest BCUT2D eigenvalue weighted by molar-refractivity contribution is 7.93. The number of benzene rings is 2. The van der Waals surface area contributed by atoms with Gasteiger partial charge in [-0.15, -0.1) is 0 Å². The monoisotopic (exact) mass is 550 g/mol. The third-order valence-corrected chi connectivity index (χ3v) is 8.55. The molecule has 0 saturated heterocycles. The van der Waals surface area contributed by atoms with Crippen LogP contribution in [0.3, 0.4) is 0 Å². The van der Waals surface area contributed by atoms with Crippen molar-refractivity contribution >= 4 is 32.3 Å². The third-order valence-electron chi connectivity index (χ3n) is 6.50. The number of aromatic nitrogens is 2. The zero-order chi connectivity index (χ0) is 26.4. The van der Waals surface area contributed by atoms with Crippen LogP contribution in [0.25, 0.3) is 5.57 Å². The molecule has 12 heteroatoms. The summed E-state index contributed by atoms with van der Waals surface area (Å²) in [6.07, 6.45) is -0.147. The van der Waals surface area contributed by atoms with Gasteiger partial charge in [-0.2, -0.15) is 17.5 Å². The number of nitrogens with zero attached hydrogens (tertiary/aromatic N) is 2.